The Morgan fingerprint density at radius 1 is 0.913 bits per heavy atom. The van der Waals surface area contributed by atoms with Crippen LogP contribution in [0.2, 0.25) is 0 Å². The molecule has 2 rings (SSSR count). The summed E-state index contributed by atoms with van der Waals surface area (Å²) in [5, 5.41) is 2.55. The molecule has 116 valence electrons. The average Bonchev–Trinajstić information content (AvgIpc) is 2.61. The Morgan fingerprint density at radius 2 is 1.52 bits per heavy atom. The Balaban J connectivity index is 2.14. The molecule has 0 spiro atoms. The van der Waals surface area contributed by atoms with Gasteiger partial charge in [0.05, 0.1) is 0 Å². The van der Waals surface area contributed by atoms with Crippen molar-refractivity contribution in [1.29, 1.82) is 0 Å². The largest absolute Gasteiger partial charge is 0.317 e. The zero-order chi connectivity index (χ0) is 16.5. The predicted molar refractivity (Wildman–Crippen MR) is 89.8 cm³/mol. The first-order valence-electron chi connectivity index (χ1n) is 7.01. The second-order valence-corrected chi connectivity index (χ2v) is 4.64. The molecule has 0 aliphatic carbocycles. The van der Waals surface area contributed by atoms with Gasteiger partial charge in [-0.3, -0.25) is 15.0 Å². The molecule has 2 aromatic rings. The van der Waals surface area contributed by atoms with Crippen molar-refractivity contribution in [2.45, 2.75) is 0 Å². The molecule has 0 bridgehead atoms. The van der Waals surface area contributed by atoms with Crippen molar-refractivity contribution >= 4 is 17.9 Å². The first-order chi connectivity index (χ1) is 11.2. The van der Waals surface area contributed by atoms with Crippen molar-refractivity contribution in [3.8, 4) is 0 Å². The maximum Gasteiger partial charge on any atom is 0.281 e. The van der Waals surface area contributed by atoms with Crippen LogP contribution in [0.3, 0.4) is 0 Å². The predicted octanol–water partition coefficient (Wildman–Crippen LogP) is 2.00. The first-order valence-corrected chi connectivity index (χ1v) is 7.01. The van der Waals surface area contributed by atoms with Crippen LogP contribution in [0.25, 0.3) is 6.08 Å². The molecule has 0 aromatic heterocycles. The van der Waals surface area contributed by atoms with E-state index in [4.69, 9.17) is 5.84 Å². The van der Waals surface area contributed by atoms with E-state index in [-0.39, 0.29) is 11.6 Å². The van der Waals surface area contributed by atoms with Crippen LogP contribution in [0, 0.1) is 0 Å². The molecule has 5 nitrogen and oxygen atoms in total. The van der Waals surface area contributed by atoms with Gasteiger partial charge in [0, 0.05) is 5.56 Å². The number of carbonyl (C=O) groups excluding carboxylic acids is 2. The zero-order valence-electron chi connectivity index (χ0n) is 12.4. The van der Waals surface area contributed by atoms with Gasteiger partial charge in [-0.25, -0.2) is 5.84 Å². The van der Waals surface area contributed by atoms with Gasteiger partial charge in [-0.05, 0) is 23.8 Å². The van der Waals surface area contributed by atoms with Crippen LogP contribution < -0.4 is 16.6 Å². The lowest BCUT2D eigenvalue weighted by atomic mass is 10.2. The molecule has 0 unspecified atom stereocenters. The Bertz CT molecular complexity index is 722. The van der Waals surface area contributed by atoms with Crippen molar-refractivity contribution in [3.05, 3.63) is 89.6 Å². The van der Waals surface area contributed by atoms with Gasteiger partial charge in [0.25, 0.3) is 11.8 Å². The quantitative estimate of drug-likeness (QED) is 0.260. The third-order valence-corrected chi connectivity index (χ3v) is 3.01. The van der Waals surface area contributed by atoms with Crippen molar-refractivity contribution < 1.29 is 9.59 Å². The second kappa shape index (κ2) is 8.31. The third-order valence-electron chi connectivity index (χ3n) is 3.01. The van der Waals surface area contributed by atoms with Crippen molar-refractivity contribution in [2.24, 2.45) is 5.84 Å². The van der Waals surface area contributed by atoms with E-state index in [2.05, 4.69) is 5.32 Å². The van der Waals surface area contributed by atoms with E-state index in [1.807, 2.05) is 47.9 Å². The van der Waals surface area contributed by atoms with Gasteiger partial charge in [0.1, 0.15) is 5.70 Å². The second-order valence-electron chi connectivity index (χ2n) is 4.64. The lowest BCUT2D eigenvalue weighted by molar-refractivity contribution is -0.117. The average molecular weight is 307 g/mol. The molecule has 0 aliphatic rings. The SMILES string of the molecule is NNC(=O)C(=CC=Cc1ccccc1)NC(=O)c1ccccc1. The van der Waals surface area contributed by atoms with Crippen molar-refractivity contribution in [1.82, 2.24) is 10.7 Å². The normalized spacial score (nSPS) is 11.3. The van der Waals surface area contributed by atoms with E-state index in [0.29, 0.717) is 5.56 Å². The number of nitrogens with two attached hydrogens (primary N) is 1. The van der Waals surface area contributed by atoms with Crippen LogP contribution in [0.5, 0.6) is 0 Å². The van der Waals surface area contributed by atoms with Gasteiger partial charge in [-0.15, -0.1) is 0 Å². The van der Waals surface area contributed by atoms with E-state index in [1.165, 1.54) is 6.08 Å². The number of hydrogen-bond acceptors (Lipinski definition) is 3. The molecule has 0 saturated carbocycles. The highest BCUT2D eigenvalue weighted by Gasteiger charge is 2.12. The number of allylic oxidation sites excluding steroid dienone is 2. The highest BCUT2D eigenvalue weighted by atomic mass is 16.2. The highest BCUT2D eigenvalue weighted by Crippen LogP contribution is 2.03. The molecular weight excluding hydrogens is 290 g/mol. The van der Waals surface area contributed by atoms with Gasteiger partial charge in [-0.2, -0.15) is 0 Å². The molecule has 0 fully saturated rings. The number of hydrazine groups is 1. The topological polar surface area (TPSA) is 84.2 Å². The summed E-state index contributed by atoms with van der Waals surface area (Å²) in [5.41, 5.74) is 3.51. The van der Waals surface area contributed by atoms with Crippen LogP contribution in [0.1, 0.15) is 15.9 Å². The van der Waals surface area contributed by atoms with Gasteiger partial charge >= 0.3 is 0 Å². The zero-order valence-corrected chi connectivity index (χ0v) is 12.4. The standard InChI is InChI=1S/C18H17N3O2/c19-21-18(23)16(13-7-10-14-8-3-1-4-9-14)20-17(22)15-11-5-2-6-12-15/h1-13H,19H2,(H,20,22)(H,21,23). The summed E-state index contributed by atoms with van der Waals surface area (Å²) in [7, 11) is 0. The Kier molecular flexibility index (Phi) is 5.85. The fourth-order valence-corrected chi connectivity index (χ4v) is 1.86. The van der Waals surface area contributed by atoms with Crippen molar-refractivity contribution in [2.75, 3.05) is 0 Å². The summed E-state index contributed by atoms with van der Waals surface area (Å²) in [6.45, 7) is 0. The minimum atomic E-state index is -0.577. The minimum Gasteiger partial charge on any atom is -0.317 e. The van der Waals surface area contributed by atoms with Gasteiger partial charge in [-0.1, -0.05) is 60.7 Å². The Labute approximate surface area is 134 Å². The molecular formula is C18H17N3O2. The number of carbonyl (C=O) groups is 2. The minimum absolute atomic E-state index is 0.0635. The maximum atomic E-state index is 12.1. The Morgan fingerprint density at radius 3 is 2.13 bits per heavy atom. The maximum absolute atomic E-state index is 12.1. The molecule has 2 aromatic carbocycles. The number of nitrogens with one attached hydrogen (secondary N) is 2. The van der Waals surface area contributed by atoms with Crippen LogP contribution in [-0.4, -0.2) is 11.8 Å². The van der Waals surface area contributed by atoms with Crippen LogP contribution in [0.4, 0.5) is 0 Å². The molecule has 0 aliphatic heterocycles. The monoisotopic (exact) mass is 307 g/mol. The molecule has 2 amide bonds. The van der Waals surface area contributed by atoms with Crippen molar-refractivity contribution in [3.63, 3.8) is 0 Å². The van der Waals surface area contributed by atoms with Crippen LogP contribution >= 0.6 is 0 Å². The van der Waals surface area contributed by atoms with E-state index >= 15 is 0 Å². The number of amides is 2. The van der Waals surface area contributed by atoms with Gasteiger partial charge < -0.3 is 5.32 Å². The van der Waals surface area contributed by atoms with E-state index in [1.54, 1.807) is 30.3 Å². The highest BCUT2D eigenvalue weighted by molar-refractivity contribution is 6.02. The summed E-state index contributed by atoms with van der Waals surface area (Å²) in [5.74, 6) is 4.20. The number of rotatable bonds is 5. The fourth-order valence-electron chi connectivity index (χ4n) is 1.86. The summed E-state index contributed by atoms with van der Waals surface area (Å²) in [6, 6.07) is 18.2. The van der Waals surface area contributed by atoms with Crippen LogP contribution in [0.15, 0.2) is 78.5 Å². The molecule has 5 heteroatoms. The van der Waals surface area contributed by atoms with E-state index in [9.17, 15) is 9.59 Å². The van der Waals surface area contributed by atoms with E-state index < -0.39 is 5.91 Å². The smallest absolute Gasteiger partial charge is 0.281 e. The molecule has 0 atom stereocenters. The molecule has 23 heavy (non-hydrogen) atoms. The number of benzene rings is 2. The van der Waals surface area contributed by atoms with Gasteiger partial charge in [0.2, 0.25) is 0 Å². The Hall–Kier alpha value is -3.18. The van der Waals surface area contributed by atoms with Crippen LogP contribution in [-0.2, 0) is 4.79 Å². The first kappa shape index (κ1) is 16.2. The third kappa shape index (κ3) is 4.94. The molecule has 0 saturated heterocycles. The fraction of sp³-hybridized carbons (Fsp3) is 0. The molecule has 4 N–H and O–H groups in total. The van der Waals surface area contributed by atoms with E-state index in [0.717, 1.165) is 5.56 Å². The molecule has 0 radical (unpaired) electrons. The summed E-state index contributed by atoms with van der Waals surface area (Å²) in [4.78, 5) is 23.9. The molecule has 0 heterocycles. The van der Waals surface area contributed by atoms with Gasteiger partial charge in [0.15, 0.2) is 0 Å². The summed E-state index contributed by atoms with van der Waals surface area (Å²) in [6.07, 6.45) is 4.99. The lowest BCUT2D eigenvalue weighted by Crippen LogP contribution is -2.38. The number of hydrogen-bond donors (Lipinski definition) is 3. The lowest BCUT2D eigenvalue weighted by Gasteiger charge is -2.07. The summed E-state index contributed by atoms with van der Waals surface area (Å²) < 4.78 is 0. The summed E-state index contributed by atoms with van der Waals surface area (Å²) >= 11 is 0.